The second-order valence-corrected chi connectivity index (χ2v) is 4.43. The highest BCUT2D eigenvalue weighted by Gasteiger charge is 2.11. The SMILES string of the molecule is Cc1ccc(C)c(Cc2nnc(C(C)N)o2)c1. The van der Waals surface area contributed by atoms with E-state index in [1.807, 2.05) is 6.92 Å². The van der Waals surface area contributed by atoms with Gasteiger partial charge in [0, 0.05) is 0 Å². The summed E-state index contributed by atoms with van der Waals surface area (Å²) in [6, 6.07) is 6.13. The van der Waals surface area contributed by atoms with Crippen LogP contribution in [0.4, 0.5) is 0 Å². The van der Waals surface area contributed by atoms with Crippen molar-refractivity contribution in [2.75, 3.05) is 0 Å². The lowest BCUT2D eigenvalue weighted by Gasteiger charge is -2.04. The zero-order chi connectivity index (χ0) is 12.4. The van der Waals surface area contributed by atoms with Crippen LogP contribution in [0.5, 0.6) is 0 Å². The van der Waals surface area contributed by atoms with E-state index in [-0.39, 0.29) is 6.04 Å². The number of aryl methyl sites for hydroxylation is 2. The predicted octanol–water partition coefficient (Wildman–Crippen LogP) is 2.30. The molecule has 2 rings (SSSR count). The molecule has 1 heterocycles. The summed E-state index contributed by atoms with van der Waals surface area (Å²) in [6.45, 7) is 5.98. The summed E-state index contributed by atoms with van der Waals surface area (Å²) in [5, 5.41) is 7.93. The number of rotatable bonds is 3. The van der Waals surface area contributed by atoms with Gasteiger partial charge in [0.05, 0.1) is 12.5 Å². The Labute approximate surface area is 101 Å². The molecule has 90 valence electrons. The van der Waals surface area contributed by atoms with Crippen LogP contribution < -0.4 is 5.73 Å². The van der Waals surface area contributed by atoms with E-state index in [0.29, 0.717) is 18.2 Å². The van der Waals surface area contributed by atoms with Gasteiger partial charge in [-0.1, -0.05) is 23.8 Å². The Kier molecular flexibility index (Phi) is 3.24. The molecule has 2 aromatic rings. The summed E-state index contributed by atoms with van der Waals surface area (Å²) in [5.74, 6) is 1.11. The van der Waals surface area contributed by atoms with E-state index in [0.717, 1.165) is 0 Å². The molecule has 0 amide bonds. The second kappa shape index (κ2) is 4.67. The lowest BCUT2D eigenvalue weighted by molar-refractivity contribution is 0.433. The van der Waals surface area contributed by atoms with Gasteiger partial charge in [0.1, 0.15) is 0 Å². The fourth-order valence-corrected chi connectivity index (χ4v) is 1.68. The Morgan fingerprint density at radius 2 is 2.06 bits per heavy atom. The average molecular weight is 231 g/mol. The molecule has 0 saturated carbocycles. The van der Waals surface area contributed by atoms with E-state index in [9.17, 15) is 0 Å². The molecule has 0 radical (unpaired) electrons. The number of nitrogens with zero attached hydrogens (tertiary/aromatic N) is 2. The van der Waals surface area contributed by atoms with Crippen molar-refractivity contribution in [3.05, 3.63) is 46.7 Å². The third kappa shape index (κ3) is 2.71. The Morgan fingerprint density at radius 1 is 1.29 bits per heavy atom. The first-order valence-corrected chi connectivity index (χ1v) is 5.70. The molecule has 1 unspecified atom stereocenters. The lowest BCUT2D eigenvalue weighted by atomic mass is 10.0. The highest BCUT2D eigenvalue weighted by molar-refractivity contribution is 5.32. The van der Waals surface area contributed by atoms with Crippen molar-refractivity contribution in [3.63, 3.8) is 0 Å². The van der Waals surface area contributed by atoms with Crippen LogP contribution in [-0.2, 0) is 6.42 Å². The zero-order valence-electron chi connectivity index (χ0n) is 10.4. The van der Waals surface area contributed by atoms with Crippen molar-refractivity contribution in [2.45, 2.75) is 33.2 Å². The van der Waals surface area contributed by atoms with Gasteiger partial charge in [-0.2, -0.15) is 0 Å². The van der Waals surface area contributed by atoms with E-state index in [1.165, 1.54) is 16.7 Å². The minimum atomic E-state index is -0.213. The molecule has 4 heteroatoms. The third-order valence-electron chi connectivity index (χ3n) is 2.72. The Bertz CT molecular complexity index is 517. The number of hydrogen-bond acceptors (Lipinski definition) is 4. The van der Waals surface area contributed by atoms with Crippen LogP contribution >= 0.6 is 0 Å². The summed E-state index contributed by atoms with van der Waals surface area (Å²) in [7, 11) is 0. The maximum atomic E-state index is 5.68. The van der Waals surface area contributed by atoms with E-state index in [2.05, 4.69) is 42.2 Å². The van der Waals surface area contributed by atoms with Gasteiger partial charge in [0.25, 0.3) is 0 Å². The predicted molar refractivity (Wildman–Crippen MR) is 65.6 cm³/mol. The highest BCUT2D eigenvalue weighted by Crippen LogP contribution is 2.16. The Hall–Kier alpha value is -1.68. The standard InChI is InChI=1S/C13H17N3O/c1-8-4-5-9(2)11(6-8)7-12-15-16-13(17-12)10(3)14/h4-6,10H,7,14H2,1-3H3. The van der Waals surface area contributed by atoms with Gasteiger partial charge in [-0.15, -0.1) is 10.2 Å². The van der Waals surface area contributed by atoms with Crippen molar-refractivity contribution in [1.29, 1.82) is 0 Å². The quantitative estimate of drug-likeness (QED) is 0.880. The van der Waals surface area contributed by atoms with Crippen LogP contribution in [0.15, 0.2) is 22.6 Å². The van der Waals surface area contributed by atoms with Crippen LogP contribution in [0, 0.1) is 13.8 Å². The van der Waals surface area contributed by atoms with Crippen LogP contribution in [0.25, 0.3) is 0 Å². The Morgan fingerprint density at radius 3 is 2.71 bits per heavy atom. The van der Waals surface area contributed by atoms with E-state index >= 15 is 0 Å². The molecule has 0 fully saturated rings. The number of aromatic nitrogens is 2. The van der Waals surface area contributed by atoms with E-state index < -0.39 is 0 Å². The summed E-state index contributed by atoms with van der Waals surface area (Å²) in [4.78, 5) is 0. The van der Waals surface area contributed by atoms with Gasteiger partial charge in [0.2, 0.25) is 11.8 Å². The fourth-order valence-electron chi connectivity index (χ4n) is 1.68. The van der Waals surface area contributed by atoms with Crippen molar-refractivity contribution in [2.24, 2.45) is 5.73 Å². The summed E-state index contributed by atoms with van der Waals surface area (Å²) in [6.07, 6.45) is 0.660. The van der Waals surface area contributed by atoms with Crippen molar-refractivity contribution >= 4 is 0 Å². The zero-order valence-corrected chi connectivity index (χ0v) is 10.4. The van der Waals surface area contributed by atoms with E-state index in [1.54, 1.807) is 0 Å². The normalized spacial score (nSPS) is 12.7. The van der Waals surface area contributed by atoms with Crippen LogP contribution in [0.1, 0.15) is 41.4 Å². The smallest absolute Gasteiger partial charge is 0.232 e. The number of nitrogens with two attached hydrogens (primary N) is 1. The fraction of sp³-hybridized carbons (Fsp3) is 0.385. The molecule has 1 atom stereocenters. The summed E-state index contributed by atoms with van der Waals surface area (Å²) in [5.41, 5.74) is 9.36. The average Bonchev–Trinajstić information content (AvgIpc) is 2.72. The molecular weight excluding hydrogens is 214 g/mol. The summed E-state index contributed by atoms with van der Waals surface area (Å²) >= 11 is 0. The first-order chi connectivity index (χ1) is 8.06. The largest absolute Gasteiger partial charge is 0.423 e. The third-order valence-corrected chi connectivity index (χ3v) is 2.72. The maximum Gasteiger partial charge on any atom is 0.232 e. The molecule has 2 N–H and O–H groups in total. The Balaban J connectivity index is 2.22. The molecule has 0 aliphatic heterocycles. The number of benzene rings is 1. The molecule has 1 aromatic heterocycles. The van der Waals surface area contributed by atoms with Gasteiger partial charge in [-0.3, -0.25) is 0 Å². The second-order valence-electron chi connectivity index (χ2n) is 4.43. The molecule has 0 bridgehead atoms. The van der Waals surface area contributed by atoms with Crippen LogP contribution in [-0.4, -0.2) is 10.2 Å². The molecule has 0 aliphatic carbocycles. The minimum absolute atomic E-state index is 0.213. The van der Waals surface area contributed by atoms with Crippen molar-refractivity contribution < 1.29 is 4.42 Å². The molecule has 0 spiro atoms. The van der Waals surface area contributed by atoms with Crippen molar-refractivity contribution in [1.82, 2.24) is 10.2 Å². The molecule has 4 nitrogen and oxygen atoms in total. The first-order valence-electron chi connectivity index (χ1n) is 5.70. The summed E-state index contributed by atoms with van der Waals surface area (Å²) < 4.78 is 5.50. The first kappa shape index (κ1) is 11.8. The monoisotopic (exact) mass is 231 g/mol. The lowest BCUT2D eigenvalue weighted by Crippen LogP contribution is -2.04. The topological polar surface area (TPSA) is 64.9 Å². The van der Waals surface area contributed by atoms with Gasteiger partial charge < -0.3 is 10.2 Å². The van der Waals surface area contributed by atoms with Crippen molar-refractivity contribution in [3.8, 4) is 0 Å². The van der Waals surface area contributed by atoms with E-state index in [4.69, 9.17) is 10.2 Å². The van der Waals surface area contributed by atoms with Gasteiger partial charge in [-0.25, -0.2) is 0 Å². The van der Waals surface area contributed by atoms with Gasteiger partial charge in [0.15, 0.2) is 0 Å². The maximum absolute atomic E-state index is 5.68. The minimum Gasteiger partial charge on any atom is -0.423 e. The molecule has 1 aromatic carbocycles. The molecule has 17 heavy (non-hydrogen) atoms. The molecule has 0 saturated heterocycles. The van der Waals surface area contributed by atoms with Gasteiger partial charge in [-0.05, 0) is 31.9 Å². The van der Waals surface area contributed by atoms with Gasteiger partial charge >= 0.3 is 0 Å². The van der Waals surface area contributed by atoms with Crippen LogP contribution in [0.3, 0.4) is 0 Å². The number of hydrogen-bond donors (Lipinski definition) is 1. The van der Waals surface area contributed by atoms with Crippen LogP contribution in [0.2, 0.25) is 0 Å². The highest BCUT2D eigenvalue weighted by atomic mass is 16.4. The molecular formula is C13H17N3O. The molecule has 0 aliphatic rings.